The van der Waals surface area contributed by atoms with Crippen molar-refractivity contribution in [1.82, 2.24) is 4.90 Å². The predicted molar refractivity (Wildman–Crippen MR) is 131 cm³/mol. The summed E-state index contributed by atoms with van der Waals surface area (Å²) >= 11 is 0. The Morgan fingerprint density at radius 1 is 1.17 bits per heavy atom. The number of nitro benzene ring substituents is 1. The van der Waals surface area contributed by atoms with Gasteiger partial charge >= 0.3 is 11.9 Å². The lowest BCUT2D eigenvalue weighted by molar-refractivity contribution is -0.385. The Hall–Kier alpha value is -3.31. The van der Waals surface area contributed by atoms with Crippen molar-refractivity contribution in [2.75, 3.05) is 53.7 Å². The third-order valence-electron chi connectivity index (χ3n) is 6.46. The predicted octanol–water partition coefficient (Wildman–Crippen LogP) is 2.88. The number of nitro groups is 1. The largest absolute Gasteiger partial charge is 0.493 e. The molecule has 11 nitrogen and oxygen atoms in total. The van der Waals surface area contributed by atoms with Gasteiger partial charge in [0.2, 0.25) is 0 Å². The summed E-state index contributed by atoms with van der Waals surface area (Å²) in [6.45, 7) is 7.90. The van der Waals surface area contributed by atoms with Gasteiger partial charge in [-0.25, -0.2) is 4.79 Å². The van der Waals surface area contributed by atoms with Crippen LogP contribution < -0.4 is 4.74 Å². The number of non-ortho nitro benzene ring substituents is 1. The minimum absolute atomic E-state index is 0.135. The Bertz CT molecular complexity index is 1050. The number of allylic oxidation sites excluding steroid dienone is 1. The van der Waals surface area contributed by atoms with Gasteiger partial charge in [0.05, 0.1) is 44.5 Å². The Labute approximate surface area is 210 Å². The molecule has 0 spiro atoms. The Morgan fingerprint density at radius 2 is 1.89 bits per heavy atom. The lowest BCUT2D eigenvalue weighted by atomic mass is 9.75. The van der Waals surface area contributed by atoms with E-state index in [-0.39, 0.29) is 11.3 Å². The fourth-order valence-corrected chi connectivity index (χ4v) is 4.65. The molecule has 1 saturated heterocycles. The number of nitrogens with zero attached hydrogens (tertiary/aromatic N) is 3. The normalized spacial score (nSPS) is 20.5. The molecule has 0 saturated carbocycles. The third-order valence-corrected chi connectivity index (χ3v) is 6.46. The molecule has 196 valence electrons. The highest BCUT2D eigenvalue weighted by Crippen LogP contribution is 2.44. The monoisotopic (exact) mass is 503 g/mol. The summed E-state index contributed by atoms with van der Waals surface area (Å²) in [6.07, 6.45) is 1.67. The van der Waals surface area contributed by atoms with Gasteiger partial charge < -0.3 is 18.9 Å². The molecule has 0 aliphatic carbocycles. The number of benzene rings is 1. The molecule has 1 aromatic carbocycles. The van der Waals surface area contributed by atoms with E-state index in [0.29, 0.717) is 29.3 Å². The van der Waals surface area contributed by atoms with E-state index in [1.165, 1.54) is 32.4 Å². The molecule has 0 aromatic heterocycles. The van der Waals surface area contributed by atoms with E-state index in [2.05, 4.69) is 9.89 Å². The fourth-order valence-electron chi connectivity index (χ4n) is 4.65. The molecule has 0 N–H and O–H groups in total. The molecule has 0 amide bonds. The highest BCUT2D eigenvalue weighted by molar-refractivity contribution is 6.07. The van der Waals surface area contributed by atoms with Crippen LogP contribution in [0.2, 0.25) is 0 Å². The van der Waals surface area contributed by atoms with Crippen LogP contribution in [-0.2, 0) is 23.8 Å². The summed E-state index contributed by atoms with van der Waals surface area (Å²) in [5.41, 5.74) is 1.08. The highest BCUT2D eigenvalue weighted by atomic mass is 16.6. The molecular weight excluding hydrogens is 470 g/mol. The van der Waals surface area contributed by atoms with Crippen molar-refractivity contribution in [3.63, 3.8) is 0 Å². The second-order valence-electron chi connectivity index (χ2n) is 8.71. The maximum atomic E-state index is 12.8. The number of carbonyl (C=O) groups excluding carboxylic acids is 2. The molecular formula is C25H33N3O8. The molecule has 2 aliphatic rings. The molecule has 0 radical (unpaired) electrons. The molecule has 2 heterocycles. The van der Waals surface area contributed by atoms with E-state index in [1.807, 2.05) is 0 Å². The number of morpholine rings is 1. The number of methoxy groups -OCH3 is 2. The second-order valence-corrected chi connectivity index (χ2v) is 8.71. The zero-order chi connectivity index (χ0) is 26.2. The number of esters is 2. The van der Waals surface area contributed by atoms with Crippen LogP contribution in [0.1, 0.15) is 38.2 Å². The molecule has 2 atom stereocenters. The van der Waals surface area contributed by atoms with Gasteiger partial charge in [0, 0.05) is 48.1 Å². The van der Waals surface area contributed by atoms with Crippen molar-refractivity contribution in [2.24, 2.45) is 10.9 Å². The maximum absolute atomic E-state index is 12.8. The maximum Gasteiger partial charge on any atom is 0.336 e. The molecule has 2 unspecified atom stereocenters. The number of carbonyl (C=O) groups is 2. The van der Waals surface area contributed by atoms with Gasteiger partial charge in [-0.3, -0.25) is 24.8 Å². The Morgan fingerprint density at radius 3 is 2.53 bits per heavy atom. The third kappa shape index (κ3) is 6.27. The van der Waals surface area contributed by atoms with Gasteiger partial charge in [-0.2, -0.15) is 0 Å². The van der Waals surface area contributed by atoms with Crippen molar-refractivity contribution >= 4 is 23.3 Å². The van der Waals surface area contributed by atoms with Crippen LogP contribution in [-0.4, -0.2) is 81.1 Å². The standard InChI is InChI=1S/C25H33N3O8/c1-16-21(24(29)33-3)23(22(17(2)26-16)25(30)34-4)19-15-18(28(31)32)7-8-20(19)36-12-6-5-9-27-10-13-35-14-11-27/h7-8,15,21,23H,5-6,9-14H2,1-4H3. The summed E-state index contributed by atoms with van der Waals surface area (Å²) in [6, 6.07) is 4.20. The number of rotatable bonds is 10. The number of hydrogen-bond acceptors (Lipinski definition) is 10. The van der Waals surface area contributed by atoms with Crippen LogP contribution in [0.15, 0.2) is 34.5 Å². The van der Waals surface area contributed by atoms with Crippen molar-refractivity contribution in [3.05, 3.63) is 45.1 Å². The molecule has 11 heteroatoms. The number of ether oxygens (including phenoxy) is 4. The van der Waals surface area contributed by atoms with Crippen LogP contribution in [0, 0.1) is 16.0 Å². The average Bonchev–Trinajstić information content (AvgIpc) is 2.87. The zero-order valence-electron chi connectivity index (χ0n) is 21.2. The smallest absolute Gasteiger partial charge is 0.336 e. The fraction of sp³-hybridized carbons (Fsp3) is 0.560. The van der Waals surface area contributed by atoms with Crippen LogP contribution in [0.5, 0.6) is 5.75 Å². The summed E-state index contributed by atoms with van der Waals surface area (Å²) < 4.78 is 21.5. The second kappa shape index (κ2) is 12.6. The first-order valence-corrected chi connectivity index (χ1v) is 11.9. The van der Waals surface area contributed by atoms with E-state index in [1.54, 1.807) is 13.8 Å². The van der Waals surface area contributed by atoms with Crippen molar-refractivity contribution in [1.29, 1.82) is 0 Å². The minimum atomic E-state index is -0.974. The first-order valence-electron chi connectivity index (χ1n) is 11.9. The topological polar surface area (TPSA) is 130 Å². The first kappa shape index (κ1) is 27.3. The van der Waals surface area contributed by atoms with Gasteiger partial charge in [-0.05, 0) is 39.3 Å². The molecule has 1 fully saturated rings. The zero-order valence-corrected chi connectivity index (χ0v) is 21.2. The molecule has 3 rings (SSSR count). The lowest BCUT2D eigenvalue weighted by Crippen LogP contribution is -2.37. The van der Waals surface area contributed by atoms with Gasteiger partial charge in [0.15, 0.2) is 0 Å². The number of unbranched alkanes of at least 4 members (excludes halogenated alkanes) is 1. The summed E-state index contributed by atoms with van der Waals surface area (Å²) in [4.78, 5) is 43.4. The summed E-state index contributed by atoms with van der Waals surface area (Å²) in [7, 11) is 2.48. The van der Waals surface area contributed by atoms with E-state index >= 15 is 0 Å². The SMILES string of the molecule is COC(=O)C1=C(C)N=C(C)C(C(=O)OC)C1c1cc([N+](=O)[O-])ccc1OCCCCN1CCOCC1. The number of hydrogen-bond donors (Lipinski definition) is 0. The van der Waals surface area contributed by atoms with Gasteiger partial charge in [0.1, 0.15) is 11.7 Å². The lowest BCUT2D eigenvalue weighted by Gasteiger charge is -2.32. The quantitative estimate of drug-likeness (QED) is 0.205. The van der Waals surface area contributed by atoms with Gasteiger partial charge in [-0.15, -0.1) is 0 Å². The minimum Gasteiger partial charge on any atom is -0.493 e. The number of aliphatic imine (C=N–C) groups is 1. The van der Waals surface area contributed by atoms with E-state index in [4.69, 9.17) is 18.9 Å². The Kier molecular flexibility index (Phi) is 9.54. The molecule has 0 bridgehead atoms. The summed E-state index contributed by atoms with van der Waals surface area (Å²) in [5.74, 6) is -2.83. The highest BCUT2D eigenvalue weighted by Gasteiger charge is 2.43. The van der Waals surface area contributed by atoms with Crippen LogP contribution in [0.3, 0.4) is 0 Å². The van der Waals surface area contributed by atoms with Gasteiger partial charge in [0.25, 0.3) is 5.69 Å². The van der Waals surface area contributed by atoms with Gasteiger partial charge in [-0.1, -0.05) is 0 Å². The Balaban J connectivity index is 1.92. The summed E-state index contributed by atoms with van der Waals surface area (Å²) in [5, 5.41) is 11.6. The molecule has 2 aliphatic heterocycles. The van der Waals surface area contributed by atoms with Crippen molar-refractivity contribution < 1.29 is 33.5 Å². The van der Waals surface area contributed by atoms with Crippen LogP contribution in [0.25, 0.3) is 0 Å². The van der Waals surface area contributed by atoms with Crippen LogP contribution in [0.4, 0.5) is 5.69 Å². The van der Waals surface area contributed by atoms with Crippen LogP contribution >= 0.6 is 0 Å². The molecule has 1 aromatic rings. The first-order chi connectivity index (χ1) is 17.3. The van der Waals surface area contributed by atoms with E-state index in [9.17, 15) is 19.7 Å². The average molecular weight is 504 g/mol. The van der Waals surface area contributed by atoms with Crippen molar-refractivity contribution in [2.45, 2.75) is 32.6 Å². The molecule has 36 heavy (non-hydrogen) atoms. The van der Waals surface area contributed by atoms with Crippen molar-refractivity contribution in [3.8, 4) is 5.75 Å². The van der Waals surface area contributed by atoms with E-state index < -0.39 is 28.7 Å². The van der Waals surface area contributed by atoms with E-state index in [0.717, 1.165) is 45.7 Å².